The molecular formula is C18H20ClN3O2. The fourth-order valence-corrected chi connectivity index (χ4v) is 3.51. The van der Waals surface area contributed by atoms with Crippen LogP contribution in [0.4, 0.5) is 5.69 Å². The molecule has 0 spiro atoms. The lowest BCUT2D eigenvalue weighted by molar-refractivity contribution is 0.0924. The lowest BCUT2D eigenvalue weighted by Crippen LogP contribution is -2.40. The van der Waals surface area contributed by atoms with Crippen LogP contribution in [0.3, 0.4) is 0 Å². The Morgan fingerprint density at radius 1 is 1.33 bits per heavy atom. The number of amides is 1. The molecule has 1 N–H and O–H groups in total. The van der Waals surface area contributed by atoms with Crippen LogP contribution in [0.2, 0.25) is 5.02 Å². The molecule has 1 amide bonds. The first-order valence-corrected chi connectivity index (χ1v) is 8.76. The molecule has 5 nitrogen and oxygen atoms in total. The summed E-state index contributed by atoms with van der Waals surface area (Å²) >= 11 is 6.29. The van der Waals surface area contributed by atoms with Crippen molar-refractivity contribution in [3.05, 3.63) is 46.8 Å². The fourth-order valence-electron chi connectivity index (χ4n) is 3.26. The van der Waals surface area contributed by atoms with E-state index >= 15 is 0 Å². The van der Waals surface area contributed by atoms with Crippen LogP contribution in [0.1, 0.15) is 41.9 Å². The minimum absolute atomic E-state index is 0.0647. The molecule has 0 unspecified atom stereocenters. The van der Waals surface area contributed by atoms with Crippen molar-refractivity contribution in [2.45, 2.75) is 31.7 Å². The van der Waals surface area contributed by atoms with Crippen LogP contribution in [0.25, 0.3) is 0 Å². The molecule has 4 rings (SSSR count). The molecule has 2 aliphatic rings. The van der Waals surface area contributed by atoms with Gasteiger partial charge in [-0.3, -0.25) is 4.79 Å². The summed E-state index contributed by atoms with van der Waals surface area (Å²) in [5.41, 5.74) is 1.39. The number of hydrogen-bond acceptors (Lipinski definition) is 4. The number of anilines is 1. The first-order valence-electron chi connectivity index (χ1n) is 8.39. The van der Waals surface area contributed by atoms with Crippen molar-refractivity contribution < 1.29 is 9.32 Å². The highest BCUT2D eigenvalue weighted by Crippen LogP contribution is 2.40. The molecule has 2 aromatic rings. The highest BCUT2D eigenvalue weighted by atomic mass is 35.5. The predicted molar refractivity (Wildman–Crippen MR) is 92.6 cm³/mol. The van der Waals surface area contributed by atoms with Crippen LogP contribution in [0, 0.1) is 5.92 Å². The molecule has 126 valence electrons. The van der Waals surface area contributed by atoms with Gasteiger partial charge in [0, 0.05) is 25.1 Å². The van der Waals surface area contributed by atoms with Gasteiger partial charge in [0.1, 0.15) is 5.76 Å². The Morgan fingerprint density at radius 3 is 2.88 bits per heavy atom. The second-order valence-corrected chi connectivity index (χ2v) is 7.21. The van der Waals surface area contributed by atoms with E-state index in [0.717, 1.165) is 42.4 Å². The molecule has 2 heterocycles. The summed E-state index contributed by atoms with van der Waals surface area (Å²) in [7, 11) is 0. The molecule has 1 aromatic heterocycles. The van der Waals surface area contributed by atoms with E-state index in [0.29, 0.717) is 17.5 Å². The van der Waals surface area contributed by atoms with E-state index < -0.39 is 0 Å². The Balaban J connectivity index is 1.42. The van der Waals surface area contributed by atoms with Gasteiger partial charge in [-0.2, -0.15) is 0 Å². The smallest absolute Gasteiger partial charge is 0.273 e. The van der Waals surface area contributed by atoms with Crippen LogP contribution in [0.5, 0.6) is 0 Å². The maximum absolute atomic E-state index is 12.4. The quantitative estimate of drug-likeness (QED) is 0.922. The van der Waals surface area contributed by atoms with Gasteiger partial charge in [0.15, 0.2) is 5.69 Å². The highest BCUT2D eigenvalue weighted by Gasteiger charge is 2.33. The van der Waals surface area contributed by atoms with Crippen molar-refractivity contribution >= 4 is 23.2 Å². The van der Waals surface area contributed by atoms with Crippen molar-refractivity contribution in [2.24, 2.45) is 5.92 Å². The average Bonchev–Trinajstić information content (AvgIpc) is 3.19. The number of halogens is 1. The number of nitrogens with zero attached hydrogens (tertiary/aromatic N) is 2. The summed E-state index contributed by atoms with van der Waals surface area (Å²) in [4.78, 5) is 14.7. The van der Waals surface area contributed by atoms with Crippen molar-refractivity contribution in [1.82, 2.24) is 10.5 Å². The lowest BCUT2D eigenvalue weighted by atomic mass is 10.1. The van der Waals surface area contributed by atoms with Gasteiger partial charge in [0.2, 0.25) is 0 Å². The predicted octanol–water partition coefficient (Wildman–Crippen LogP) is 3.46. The first kappa shape index (κ1) is 15.5. The Labute approximate surface area is 146 Å². The van der Waals surface area contributed by atoms with Crippen LogP contribution in [-0.4, -0.2) is 30.2 Å². The summed E-state index contributed by atoms with van der Waals surface area (Å²) in [5, 5.41) is 7.74. The summed E-state index contributed by atoms with van der Waals surface area (Å²) in [6.07, 6.45) is 2.26. The summed E-state index contributed by atoms with van der Waals surface area (Å²) in [6.45, 7) is 3.74. The van der Waals surface area contributed by atoms with E-state index in [9.17, 15) is 4.79 Å². The average molecular weight is 346 g/mol. The van der Waals surface area contributed by atoms with Crippen LogP contribution in [0.15, 0.2) is 34.9 Å². The minimum atomic E-state index is -0.163. The Hall–Kier alpha value is -2.01. The standard InChI is InChI=1S/C18H20ClN3O2/c1-11-9-22(16-5-3-2-4-13(16)19)10-15(11)20-18(23)14-8-17(24-21-14)12-6-7-12/h2-5,8,11-12,15H,6-7,9-10H2,1H3,(H,20,23)/t11-,15+/m0/s1. The van der Waals surface area contributed by atoms with Crippen LogP contribution < -0.4 is 10.2 Å². The third-order valence-electron chi connectivity index (χ3n) is 4.86. The largest absolute Gasteiger partial charge is 0.368 e. The van der Waals surface area contributed by atoms with E-state index in [1.54, 1.807) is 6.07 Å². The molecule has 2 atom stereocenters. The number of nitrogens with one attached hydrogen (secondary N) is 1. The van der Waals surface area contributed by atoms with E-state index in [2.05, 4.69) is 22.3 Å². The molecule has 6 heteroatoms. The number of rotatable bonds is 4. The number of carbonyl (C=O) groups excluding carboxylic acids is 1. The van der Waals surface area contributed by atoms with Crippen molar-refractivity contribution in [2.75, 3.05) is 18.0 Å². The van der Waals surface area contributed by atoms with Crippen molar-refractivity contribution in [1.29, 1.82) is 0 Å². The third kappa shape index (κ3) is 3.00. The maximum atomic E-state index is 12.4. The zero-order valence-electron chi connectivity index (χ0n) is 13.5. The molecule has 0 radical (unpaired) electrons. The van der Waals surface area contributed by atoms with E-state index in [-0.39, 0.29) is 11.9 Å². The topological polar surface area (TPSA) is 58.4 Å². The van der Waals surface area contributed by atoms with E-state index in [1.807, 2.05) is 24.3 Å². The van der Waals surface area contributed by atoms with E-state index in [1.165, 1.54) is 0 Å². The van der Waals surface area contributed by atoms with Gasteiger partial charge < -0.3 is 14.7 Å². The zero-order chi connectivity index (χ0) is 16.7. The second kappa shape index (κ2) is 6.13. The molecule has 0 bridgehead atoms. The van der Waals surface area contributed by atoms with Gasteiger partial charge in [-0.25, -0.2) is 0 Å². The number of carbonyl (C=O) groups is 1. The van der Waals surface area contributed by atoms with Gasteiger partial charge in [-0.15, -0.1) is 0 Å². The third-order valence-corrected chi connectivity index (χ3v) is 5.18. The number of aromatic nitrogens is 1. The Kier molecular flexibility index (Phi) is 3.96. The van der Waals surface area contributed by atoms with Gasteiger partial charge in [0.05, 0.1) is 16.8 Å². The maximum Gasteiger partial charge on any atom is 0.273 e. The van der Waals surface area contributed by atoms with E-state index in [4.69, 9.17) is 16.1 Å². The van der Waals surface area contributed by atoms with Gasteiger partial charge in [-0.1, -0.05) is 35.8 Å². The SMILES string of the molecule is C[C@H]1CN(c2ccccc2Cl)C[C@H]1NC(=O)c1cc(C2CC2)on1. The van der Waals surface area contributed by atoms with Gasteiger partial charge in [-0.05, 0) is 30.9 Å². The zero-order valence-corrected chi connectivity index (χ0v) is 14.3. The van der Waals surface area contributed by atoms with Crippen molar-refractivity contribution in [3.8, 4) is 0 Å². The summed E-state index contributed by atoms with van der Waals surface area (Å²) in [5.74, 6) is 1.46. The molecule has 24 heavy (non-hydrogen) atoms. The fraction of sp³-hybridized carbons (Fsp3) is 0.444. The molecule has 2 fully saturated rings. The molecule has 1 aromatic carbocycles. The van der Waals surface area contributed by atoms with Crippen molar-refractivity contribution in [3.63, 3.8) is 0 Å². The summed E-state index contributed by atoms with van der Waals surface area (Å²) < 4.78 is 5.27. The monoisotopic (exact) mass is 345 g/mol. The summed E-state index contributed by atoms with van der Waals surface area (Å²) in [6, 6.07) is 9.65. The lowest BCUT2D eigenvalue weighted by Gasteiger charge is -2.20. The molecule has 1 aliphatic carbocycles. The minimum Gasteiger partial charge on any atom is -0.368 e. The number of hydrogen-bond donors (Lipinski definition) is 1. The Morgan fingerprint density at radius 2 is 2.12 bits per heavy atom. The molecule has 1 saturated heterocycles. The van der Waals surface area contributed by atoms with Crippen LogP contribution >= 0.6 is 11.6 Å². The molecular weight excluding hydrogens is 326 g/mol. The molecule has 1 saturated carbocycles. The second-order valence-electron chi connectivity index (χ2n) is 6.80. The van der Waals surface area contributed by atoms with Gasteiger partial charge in [0.25, 0.3) is 5.91 Å². The normalized spacial score (nSPS) is 23.5. The highest BCUT2D eigenvalue weighted by molar-refractivity contribution is 6.33. The van der Waals surface area contributed by atoms with Crippen LogP contribution in [-0.2, 0) is 0 Å². The van der Waals surface area contributed by atoms with Gasteiger partial charge >= 0.3 is 0 Å². The Bertz CT molecular complexity index is 756. The number of para-hydroxylation sites is 1. The first-order chi connectivity index (χ1) is 11.6. The number of benzene rings is 1. The molecule has 1 aliphatic heterocycles.